The quantitative estimate of drug-likeness (QED) is 0.00475. The number of anilines is 2. The summed E-state index contributed by atoms with van der Waals surface area (Å²) in [6.45, 7) is 6.83. The van der Waals surface area contributed by atoms with Crippen LogP contribution in [0.25, 0.3) is 27.0 Å². The molecule has 5 atom stereocenters. The molecule has 0 radical (unpaired) electrons. The van der Waals surface area contributed by atoms with E-state index in [1.165, 1.54) is 67.3 Å². The summed E-state index contributed by atoms with van der Waals surface area (Å²) in [6.07, 6.45) is 7.31. The van der Waals surface area contributed by atoms with Gasteiger partial charge in [-0.1, -0.05) is 44.6 Å². The van der Waals surface area contributed by atoms with Gasteiger partial charge in [0.05, 0.1) is 34.8 Å². The number of hydrogen-bond donors (Lipinski definition) is 7. The minimum atomic E-state index is -5.80. The Morgan fingerprint density at radius 1 is 0.976 bits per heavy atom. The van der Waals surface area contributed by atoms with Gasteiger partial charge >= 0.3 is 29.4 Å². The molecule has 3 unspecified atom stereocenters. The van der Waals surface area contributed by atoms with Crippen molar-refractivity contribution >= 4 is 85.0 Å². The average molecular weight is 1270 g/mol. The third kappa shape index (κ3) is 13.2. The van der Waals surface area contributed by atoms with Crippen LogP contribution in [0.5, 0.6) is 11.5 Å². The maximum Gasteiger partial charge on any atom is 0.490 e. The molecule has 1 amide bonds. The first kappa shape index (κ1) is 60.8. The van der Waals surface area contributed by atoms with Crippen LogP contribution < -0.4 is 35.8 Å². The monoisotopic (exact) mass is 1270 g/mol. The average Bonchev–Trinajstić information content (AvgIpc) is 1.39. The van der Waals surface area contributed by atoms with Crippen LogP contribution in [0.1, 0.15) is 112 Å². The van der Waals surface area contributed by atoms with Gasteiger partial charge in [0.2, 0.25) is 5.36 Å². The Morgan fingerprint density at radius 3 is 2.52 bits per heavy atom. The van der Waals surface area contributed by atoms with Gasteiger partial charge in [0.1, 0.15) is 74.0 Å². The third-order valence-corrected chi connectivity index (χ3v) is 22.1. The lowest BCUT2D eigenvalue weighted by atomic mass is 9.81. The lowest BCUT2D eigenvalue weighted by Gasteiger charge is -2.39. The summed E-state index contributed by atoms with van der Waals surface area (Å²) in [7, 11) is -14.1. The van der Waals surface area contributed by atoms with Crippen molar-refractivity contribution in [3.63, 3.8) is 0 Å². The lowest BCUT2D eigenvalue weighted by molar-refractivity contribution is -0.0582. The van der Waals surface area contributed by atoms with Crippen LogP contribution in [0, 0.1) is 11.8 Å². The van der Waals surface area contributed by atoms with Crippen LogP contribution in [0.2, 0.25) is 0 Å². The molecule has 27 nitrogen and oxygen atoms in total. The number of nitrogens with two attached hydrogens (primary N) is 1. The van der Waals surface area contributed by atoms with Crippen molar-refractivity contribution in [1.29, 1.82) is 0 Å². The van der Waals surface area contributed by atoms with Gasteiger partial charge < -0.3 is 64.1 Å². The lowest BCUT2D eigenvalue weighted by Crippen LogP contribution is -2.45. The number of nitrogen functional groups attached to an aromatic ring is 1. The number of phosphoric ester groups is 1. The molecule has 8 N–H and O–H groups in total. The van der Waals surface area contributed by atoms with Crippen LogP contribution in [0.15, 0.2) is 48.0 Å². The molecular formula is C53H60N10O17P3S2+. The number of aryl methyl sites for hydroxylation is 2. The van der Waals surface area contributed by atoms with E-state index in [1.54, 1.807) is 22.9 Å². The molecule has 11 rings (SSSR count). The second kappa shape index (κ2) is 24.7. The summed E-state index contributed by atoms with van der Waals surface area (Å²) < 4.78 is 76.1. The highest BCUT2D eigenvalue weighted by molar-refractivity contribution is 8.77. The van der Waals surface area contributed by atoms with Gasteiger partial charge in [-0.2, -0.15) is 8.62 Å². The Hall–Kier alpha value is -5.85. The number of carbonyl (C=O) groups excluding carboxylic acids is 1. The second-order valence-corrected chi connectivity index (χ2v) is 28.9. The number of benzene rings is 3. The number of carboxylic acids is 1. The van der Waals surface area contributed by atoms with E-state index in [0.717, 1.165) is 105 Å². The Morgan fingerprint density at radius 2 is 1.74 bits per heavy atom. The van der Waals surface area contributed by atoms with Crippen molar-refractivity contribution in [2.24, 2.45) is 5.11 Å². The van der Waals surface area contributed by atoms with E-state index in [2.05, 4.69) is 67.4 Å². The van der Waals surface area contributed by atoms with Gasteiger partial charge in [-0.25, -0.2) is 33.0 Å². The molecule has 32 heteroatoms. The van der Waals surface area contributed by atoms with E-state index in [-0.39, 0.29) is 48.1 Å². The van der Waals surface area contributed by atoms with Crippen molar-refractivity contribution in [3.8, 4) is 23.3 Å². The molecule has 0 aliphatic carbocycles. The third-order valence-electron chi connectivity index (χ3n) is 15.3. The summed E-state index contributed by atoms with van der Waals surface area (Å²) in [4.78, 5) is 78.3. The molecule has 2 aromatic heterocycles. The van der Waals surface area contributed by atoms with E-state index in [9.17, 15) is 38.2 Å². The van der Waals surface area contributed by atoms with Crippen LogP contribution >= 0.6 is 45.1 Å². The topological polar surface area (TPSA) is 375 Å². The molecule has 1 saturated heterocycles. The molecule has 8 heterocycles. The van der Waals surface area contributed by atoms with Gasteiger partial charge in [-0.15, -0.1) is 0 Å². The second-order valence-electron chi connectivity index (χ2n) is 21.5. The Balaban J connectivity index is 0.740. The fraction of sp³-hybridized carbons (Fsp3) is 0.453. The number of ether oxygens (including phenoxy) is 4. The van der Waals surface area contributed by atoms with Gasteiger partial charge in [0.25, 0.3) is 5.91 Å². The van der Waals surface area contributed by atoms with Crippen molar-refractivity contribution in [1.82, 2.24) is 24.4 Å². The minimum Gasteiger partial charge on any atom is -0.478 e. The number of aromatic nitrogens is 3. The minimum absolute atomic E-state index is 0.00754. The van der Waals surface area contributed by atoms with Gasteiger partial charge in [-0.3, -0.25) is 9.32 Å². The van der Waals surface area contributed by atoms with E-state index < -0.39 is 71.9 Å². The zero-order valence-electron chi connectivity index (χ0n) is 45.9. The Kier molecular flexibility index (Phi) is 17.7. The largest absolute Gasteiger partial charge is 0.490 e. The van der Waals surface area contributed by atoms with Crippen molar-refractivity contribution in [2.75, 3.05) is 69.2 Å². The molecule has 5 aromatic rings. The number of aromatic carboxylic acids is 1. The van der Waals surface area contributed by atoms with Crippen molar-refractivity contribution in [2.45, 2.75) is 94.8 Å². The predicted octanol–water partition coefficient (Wildman–Crippen LogP) is 6.35. The summed E-state index contributed by atoms with van der Waals surface area (Å²) in [5.74, 6) is 6.36. The number of fused-ring (bicyclic) bond motifs is 5. The molecule has 1 fully saturated rings. The SMILES string of the molecule is CC(C)(CNC(=O)c1ccc(C2=c3cc4c5c(c3Oc3c2cc2c6c3CCCN6CCC2)CCC[N+]=5CCC4)c(C(=O)O)c1)SSCOCC#Cc1cn([C@H]2CC(OCN=[N+]=[N-])[C@@H](COP(=O)(O)OP(=O)(O)OP(=O)(O)O)O2)c2ncnc(N)c12. The van der Waals surface area contributed by atoms with Crippen LogP contribution in [0.3, 0.4) is 0 Å². The van der Waals surface area contributed by atoms with Crippen LogP contribution in [-0.4, -0.2) is 127 Å². The Labute approximate surface area is 493 Å². The highest BCUT2D eigenvalue weighted by Gasteiger charge is 2.44. The van der Waals surface area contributed by atoms with E-state index in [4.69, 9.17) is 44.5 Å². The summed E-state index contributed by atoms with van der Waals surface area (Å²) in [5.41, 5.74) is 24.5. The molecule has 6 aliphatic rings. The van der Waals surface area contributed by atoms with Crippen LogP contribution in [0.4, 0.5) is 11.5 Å². The molecule has 85 heavy (non-hydrogen) atoms. The summed E-state index contributed by atoms with van der Waals surface area (Å²) in [6, 6.07) is 9.47. The first-order valence-electron chi connectivity index (χ1n) is 27.2. The molecule has 0 spiro atoms. The molecule has 0 bridgehead atoms. The van der Waals surface area contributed by atoms with Gasteiger partial charge in [0, 0.05) is 93.5 Å². The number of carboxylic acid groups (broad SMARTS) is 1. The zero-order valence-corrected chi connectivity index (χ0v) is 50.3. The number of azide groups is 1. The normalized spacial score (nSPS) is 20.1. The van der Waals surface area contributed by atoms with E-state index in [0.29, 0.717) is 16.5 Å². The number of nitrogens with one attached hydrogen (secondary N) is 1. The van der Waals surface area contributed by atoms with Crippen molar-refractivity contribution in [3.05, 3.63) is 114 Å². The molecule has 6 aliphatic heterocycles. The predicted molar refractivity (Wildman–Crippen MR) is 312 cm³/mol. The maximum absolute atomic E-state index is 14.0. The number of amides is 1. The van der Waals surface area contributed by atoms with Gasteiger partial charge in [0.15, 0.2) is 0 Å². The van der Waals surface area contributed by atoms with Crippen molar-refractivity contribution < 1.29 is 80.1 Å². The maximum atomic E-state index is 14.0. The highest BCUT2D eigenvalue weighted by Crippen LogP contribution is 2.66. The number of nitrogens with zero attached hydrogens (tertiary/aromatic N) is 8. The zero-order chi connectivity index (χ0) is 60.0. The molecule has 0 saturated carbocycles. The van der Waals surface area contributed by atoms with Crippen LogP contribution in [-0.2, 0) is 66.7 Å². The standard InChI is InChI=1S/C53H59N10O17P3S2/c1-53(2,85-84-29-74-19-7-10-33-24-63(50-43(33)49(54)57-27-58-50)42-23-40(75-28-59-60-55)41(77-42)25-76-82(70,71)80-83(72,73)79-81(67,68)69)26-56-51(64)32-13-14-34(37(22-32)52(65)66)44-38-20-30-8-3-15-61-17-5-11-35(45(30)61)47(38)78-48-36-12-6-18-62-16-4-9-31(46(36)62)21-39(44)48/h13-14,20-22,24,27,40-42H,3-6,8-9,11-12,15-19,23,25-26,28-29H2,1-2H3,(H7-,54,56,57,58,64,65,66,67,68,69,70,71,72,73)/p+1/t40?,41-,42-/m1/s1. The van der Waals surface area contributed by atoms with E-state index in [1.807, 2.05) is 13.8 Å². The van der Waals surface area contributed by atoms with E-state index >= 15 is 0 Å². The number of hydrogen-bond acceptors (Lipinski definition) is 19. The number of phosphoric acid groups is 3. The fourth-order valence-corrected chi connectivity index (χ4v) is 17.2. The molecular weight excluding hydrogens is 1210 g/mol. The highest BCUT2D eigenvalue weighted by atomic mass is 33.1. The molecule has 3 aromatic carbocycles. The first-order chi connectivity index (χ1) is 40.6. The Bertz CT molecular complexity index is 3950. The fourth-order valence-electron chi connectivity index (χ4n) is 12.0. The number of carbonyl (C=O) groups is 2. The number of rotatable bonds is 21. The molecule has 450 valence electrons. The van der Waals surface area contributed by atoms with Gasteiger partial charge in [-0.05, 0) is 93.3 Å². The first-order valence-corrected chi connectivity index (χ1v) is 34.0. The summed E-state index contributed by atoms with van der Waals surface area (Å²) >= 11 is 0. The smallest absolute Gasteiger partial charge is 0.478 e. The summed E-state index contributed by atoms with van der Waals surface area (Å²) in [5, 5.41) is 19.9.